The van der Waals surface area contributed by atoms with Gasteiger partial charge < -0.3 is 5.32 Å². The maximum absolute atomic E-state index is 13.3. The van der Waals surface area contributed by atoms with Crippen LogP contribution in [0.5, 0.6) is 0 Å². The quantitative estimate of drug-likeness (QED) is 0.784. The standard InChI is InChI=1S/C19H30FN/c1-5-19(3,4)16-7-10-18(11-8-16)21-13-15-12-17(20)9-6-14(15)2/h6,9,12,16,18,21H,5,7-8,10-11,13H2,1-4H3. The van der Waals surface area contributed by atoms with E-state index >= 15 is 0 Å². The molecule has 1 aromatic carbocycles. The van der Waals surface area contributed by atoms with Crippen LogP contribution in [0.3, 0.4) is 0 Å². The first-order valence-electron chi connectivity index (χ1n) is 8.41. The third-order valence-electron chi connectivity index (χ3n) is 5.64. The van der Waals surface area contributed by atoms with Gasteiger partial charge in [0.05, 0.1) is 0 Å². The Balaban J connectivity index is 1.83. The molecule has 1 fully saturated rings. The molecule has 0 spiro atoms. The highest BCUT2D eigenvalue weighted by molar-refractivity contribution is 5.26. The van der Waals surface area contributed by atoms with Crippen LogP contribution in [-0.2, 0) is 6.54 Å². The molecule has 0 unspecified atom stereocenters. The predicted molar refractivity (Wildman–Crippen MR) is 87.8 cm³/mol. The Kier molecular flexibility index (Phi) is 5.43. The van der Waals surface area contributed by atoms with Gasteiger partial charge in [0.1, 0.15) is 5.82 Å². The van der Waals surface area contributed by atoms with Gasteiger partial charge in [-0.2, -0.15) is 0 Å². The van der Waals surface area contributed by atoms with Crippen LogP contribution in [0.25, 0.3) is 0 Å². The minimum absolute atomic E-state index is 0.134. The molecule has 1 aromatic rings. The maximum atomic E-state index is 13.3. The van der Waals surface area contributed by atoms with Crippen molar-refractivity contribution in [1.29, 1.82) is 0 Å². The van der Waals surface area contributed by atoms with E-state index in [1.54, 1.807) is 6.07 Å². The maximum Gasteiger partial charge on any atom is 0.123 e. The number of nitrogens with one attached hydrogen (secondary N) is 1. The normalized spacial score (nSPS) is 23.3. The van der Waals surface area contributed by atoms with E-state index in [0.29, 0.717) is 11.5 Å². The Labute approximate surface area is 129 Å². The largest absolute Gasteiger partial charge is 0.310 e. The van der Waals surface area contributed by atoms with Crippen LogP contribution in [0.2, 0.25) is 0 Å². The highest BCUT2D eigenvalue weighted by Crippen LogP contribution is 2.40. The van der Waals surface area contributed by atoms with Crippen molar-refractivity contribution in [3.63, 3.8) is 0 Å². The van der Waals surface area contributed by atoms with Gasteiger partial charge >= 0.3 is 0 Å². The van der Waals surface area contributed by atoms with Gasteiger partial charge in [-0.1, -0.05) is 33.3 Å². The Hall–Kier alpha value is -0.890. The number of hydrogen-bond acceptors (Lipinski definition) is 1. The van der Waals surface area contributed by atoms with Crippen LogP contribution in [0, 0.1) is 24.1 Å². The predicted octanol–water partition coefficient (Wildman–Crippen LogP) is 5.22. The summed E-state index contributed by atoms with van der Waals surface area (Å²) in [6.07, 6.45) is 6.41. The van der Waals surface area contributed by atoms with E-state index in [1.165, 1.54) is 43.7 Å². The van der Waals surface area contributed by atoms with Crippen molar-refractivity contribution < 1.29 is 4.39 Å². The molecule has 1 aliphatic carbocycles. The molecule has 0 bridgehead atoms. The third kappa shape index (κ3) is 4.29. The van der Waals surface area contributed by atoms with E-state index < -0.39 is 0 Å². The summed E-state index contributed by atoms with van der Waals surface area (Å²) < 4.78 is 13.3. The minimum atomic E-state index is -0.134. The molecule has 1 N–H and O–H groups in total. The topological polar surface area (TPSA) is 12.0 Å². The highest BCUT2D eigenvalue weighted by Gasteiger charge is 2.31. The molecule has 0 aliphatic heterocycles. The van der Waals surface area contributed by atoms with Gasteiger partial charge in [-0.3, -0.25) is 0 Å². The van der Waals surface area contributed by atoms with E-state index in [-0.39, 0.29) is 5.82 Å². The van der Waals surface area contributed by atoms with Crippen LogP contribution < -0.4 is 5.32 Å². The van der Waals surface area contributed by atoms with Crippen molar-refractivity contribution in [1.82, 2.24) is 5.32 Å². The summed E-state index contributed by atoms with van der Waals surface area (Å²) in [6, 6.07) is 5.66. The monoisotopic (exact) mass is 291 g/mol. The van der Waals surface area contributed by atoms with Gasteiger partial charge in [0.15, 0.2) is 0 Å². The number of halogens is 1. The molecule has 0 amide bonds. The molecule has 0 aromatic heterocycles. The third-order valence-corrected chi connectivity index (χ3v) is 5.64. The van der Waals surface area contributed by atoms with Gasteiger partial charge in [0.2, 0.25) is 0 Å². The van der Waals surface area contributed by atoms with Crippen molar-refractivity contribution in [2.45, 2.75) is 72.4 Å². The van der Waals surface area contributed by atoms with Gasteiger partial charge in [0, 0.05) is 12.6 Å². The van der Waals surface area contributed by atoms with Crippen LogP contribution in [-0.4, -0.2) is 6.04 Å². The van der Waals surface area contributed by atoms with Gasteiger partial charge in [0.25, 0.3) is 0 Å². The Bertz CT molecular complexity index is 459. The van der Waals surface area contributed by atoms with Crippen molar-refractivity contribution in [2.75, 3.05) is 0 Å². The number of hydrogen-bond donors (Lipinski definition) is 1. The zero-order valence-corrected chi connectivity index (χ0v) is 14.0. The van der Waals surface area contributed by atoms with Crippen molar-refractivity contribution in [3.8, 4) is 0 Å². The summed E-state index contributed by atoms with van der Waals surface area (Å²) in [5, 5.41) is 3.63. The van der Waals surface area contributed by atoms with Gasteiger partial charge in [-0.25, -0.2) is 4.39 Å². The summed E-state index contributed by atoms with van der Waals surface area (Å²) in [4.78, 5) is 0. The molecule has 1 nitrogen and oxygen atoms in total. The van der Waals surface area contributed by atoms with Crippen molar-refractivity contribution in [2.24, 2.45) is 11.3 Å². The Morgan fingerprint density at radius 3 is 2.48 bits per heavy atom. The average Bonchev–Trinajstić information content (AvgIpc) is 2.48. The molecule has 21 heavy (non-hydrogen) atoms. The van der Waals surface area contributed by atoms with Crippen molar-refractivity contribution in [3.05, 3.63) is 35.1 Å². The molecule has 0 atom stereocenters. The lowest BCUT2D eigenvalue weighted by Crippen LogP contribution is -2.36. The summed E-state index contributed by atoms with van der Waals surface area (Å²) in [6.45, 7) is 9.95. The smallest absolute Gasteiger partial charge is 0.123 e. The molecule has 0 saturated heterocycles. The lowest BCUT2D eigenvalue weighted by molar-refractivity contribution is 0.137. The van der Waals surface area contributed by atoms with Crippen LogP contribution in [0.1, 0.15) is 64.0 Å². The van der Waals surface area contributed by atoms with Crippen molar-refractivity contribution >= 4 is 0 Å². The fourth-order valence-electron chi connectivity index (χ4n) is 3.45. The molecule has 0 heterocycles. The number of benzene rings is 1. The second kappa shape index (κ2) is 6.91. The molecule has 118 valence electrons. The average molecular weight is 291 g/mol. The molecule has 1 aliphatic rings. The van der Waals surface area contributed by atoms with E-state index in [4.69, 9.17) is 0 Å². The first-order valence-corrected chi connectivity index (χ1v) is 8.41. The van der Waals surface area contributed by atoms with E-state index in [0.717, 1.165) is 18.0 Å². The van der Waals surface area contributed by atoms with Gasteiger partial charge in [-0.05, 0) is 67.2 Å². The summed E-state index contributed by atoms with van der Waals surface area (Å²) in [5.41, 5.74) is 2.74. The highest BCUT2D eigenvalue weighted by atomic mass is 19.1. The Morgan fingerprint density at radius 2 is 1.86 bits per heavy atom. The molecule has 2 heteroatoms. The first kappa shape index (κ1) is 16.5. The molecule has 1 saturated carbocycles. The van der Waals surface area contributed by atoms with E-state index in [2.05, 4.69) is 33.0 Å². The second-order valence-electron chi connectivity index (χ2n) is 7.34. The van der Waals surface area contributed by atoms with Gasteiger partial charge in [-0.15, -0.1) is 0 Å². The summed E-state index contributed by atoms with van der Waals surface area (Å²) in [5.74, 6) is 0.724. The van der Waals surface area contributed by atoms with E-state index in [9.17, 15) is 4.39 Å². The first-order chi connectivity index (χ1) is 9.92. The lowest BCUT2D eigenvalue weighted by Gasteiger charge is -2.39. The van der Waals surface area contributed by atoms with E-state index in [1.807, 2.05) is 6.07 Å². The SMILES string of the molecule is CCC(C)(C)C1CCC(NCc2cc(F)ccc2C)CC1. The minimum Gasteiger partial charge on any atom is -0.310 e. The number of aryl methyl sites for hydroxylation is 1. The second-order valence-corrected chi connectivity index (χ2v) is 7.34. The fraction of sp³-hybridized carbons (Fsp3) is 0.684. The van der Waals surface area contributed by atoms with Crippen LogP contribution in [0.15, 0.2) is 18.2 Å². The zero-order valence-electron chi connectivity index (χ0n) is 14.0. The van der Waals surface area contributed by atoms with Crippen LogP contribution in [0.4, 0.5) is 4.39 Å². The number of rotatable bonds is 5. The molecule has 2 rings (SSSR count). The summed E-state index contributed by atoms with van der Waals surface area (Å²) in [7, 11) is 0. The Morgan fingerprint density at radius 1 is 1.19 bits per heavy atom. The summed E-state index contributed by atoms with van der Waals surface area (Å²) >= 11 is 0. The van der Waals surface area contributed by atoms with Crippen LogP contribution >= 0.6 is 0 Å². The molecular weight excluding hydrogens is 261 g/mol. The fourth-order valence-corrected chi connectivity index (χ4v) is 3.45. The zero-order chi connectivity index (χ0) is 15.5. The molecule has 0 radical (unpaired) electrons. The molecular formula is C19H30FN. The lowest BCUT2D eigenvalue weighted by atomic mass is 9.69.